The summed E-state index contributed by atoms with van der Waals surface area (Å²) in [6.45, 7) is 5.25. The molecule has 0 saturated heterocycles. The maximum absolute atomic E-state index is 5.12. The van der Waals surface area contributed by atoms with Gasteiger partial charge < -0.3 is 4.42 Å². The van der Waals surface area contributed by atoms with Gasteiger partial charge in [-0.3, -0.25) is 0 Å². The van der Waals surface area contributed by atoms with Gasteiger partial charge in [0.15, 0.2) is 0 Å². The molecule has 0 atom stereocenters. The van der Waals surface area contributed by atoms with Crippen LogP contribution in [-0.2, 0) is 0 Å². The Hall–Kier alpha value is -1.50. The number of furan rings is 1. The Kier molecular flexibility index (Phi) is 3.15. The number of fused-ring (bicyclic) bond motifs is 1. The Morgan fingerprint density at radius 1 is 1.25 bits per heavy atom. The average molecular weight is 160 g/mol. The highest BCUT2D eigenvalue weighted by atomic mass is 16.3. The highest BCUT2D eigenvalue weighted by Crippen LogP contribution is 2.12. The van der Waals surface area contributed by atoms with E-state index in [0.717, 1.165) is 11.0 Å². The summed E-state index contributed by atoms with van der Waals surface area (Å²) < 4.78 is 5.12. The van der Waals surface area contributed by atoms with Gasteiger partial charge in [-0.05, 0) is 19.1 Å². The lowest BCUT2D eigenvalue weighted by Crippen LogP contribution is -1.57. The third-order valence-corrected chi connectivity index (χ3v) is 1.36. The molecule has 12 heavy (non-hydrogen) atoms. The van der Waals surface area contributed by atoms with E-state index in [4.69, 9.17) is 4.42 Å². The summed E-state index contributed by atoms with van der Waals surface area (Å²) in [4.78, 5) is 0. The van der Waals surface area contributed by atoms with Gasteiger partial charge in [-0.15, -0.1) is 6.58 Å². The second kappa shape index (κ2) is 4.39. The maximum Gasteiger partial charge on any atom is 0.133 e. The average Bonchev–Trinajstić information content (AvgIpc) is 2.52. The molecule has 2 aromatic rings. The molecule has 2 rings (SSSR count). The minimum absolute atomic E-state index is 0.956. The molecule has 0 fully saturated rings. The van der Waals surface area contributed by atoms with Gasteiger partial charge in [-0.25, -0.2) is 0 Å². The van der Waals surface area contributed by atoms with Gasteiger partial charge in [0.25, 0.3) is 0 Å². The molecule has 62 valence electrons. The molecule has 0 bridgehead atoms. The molecule has 0 aliphatic heterocycles. The van der Waals surface area contributed by atoms with E-state index in [2.05, 4.69) is 6.58 Å². The fourth-order valence-corrected chi connectivity index (χ4v) is 0.906. The van der Waals surface area contributed by atoms with Crippen molar-refractivity contribution in [2.45, 2.75) is 6.92 Å². The molecule has 1 heterocycles. The highest BCUT2D eigenvalue weighted by molar-refractivity contribution is 5.76. The fraction of sp³-hybridized carbons (Fsp3) is 0.0909. The Morgan fingerprint density at radius 3 is 2.58 bits per heavy atom. The number of hydrogen-bond donors (Lipinski definition) is 0. The summed E-state index contributed by atoms with van der Waals surface area (Å²) in [5.41, 5.74) is 0.956. The van der Waals surface area contributed by atoms with E-state index in [1.54, 1.807) is 12.3 Å². The first-order valence-corrected chi connectivity index (χ1v) is 3.87. The number of para-hydroxylation sites is 1. The van der Waals surface area contributed by atoms with Crippen LogP contribution in [0.2, 0.25) is 0 Å². The molecule has 0 radical (unpaired) electrons. The van der Waals surface area contributed by atoms with Crippen molar-refractivity contribution in [1.29, 1.82) is 0 Å². The molecule has 0 spiro atoms. The van der Waals surface area contributed by atoms with Crippen molar-refractivity contribution in [2.75, 3.05) is 0 Å². The third-order valence-electron chi connectivity index (χ3n) is 1.36. The van der Waals surface area contributed by atoms with Crippen molar-refractivity contribution in [2.24, 2.45) is 0 Å². The normalized spacial score (nSPS) is 8.75. The summed E-state index contributed by atoms with van der Waals surface area (Å²) in [6, 6.07) is 9.90. The van der Waals surface area contributed by atoms with Crippen molar-refractivity contribution in [3.8, 4) is 0 Å². The molecular weight excluding hydrogens is 148 g/mol. The highest BCUT2D eigenvalue weighted by Gasteiger charge is 1.89. The van der Waals surface area contributed by atoms with E-state index in [-0.39, 0.29) is 0 Å². The van der Waals surface area contributed by atoms with E-state index < -0.39 is 0 Å². The van der Waals surface area contributed by atoms with Crippen LogP contribution in [-0.4, -0.2) is 0 Å². The lowest BCUT2D eigenvalue weighted by molar-refractivity contribution is 0.616. The van der Waals surface area contributed by atoms with Gasteiger partial charge >= 0.3 is 0 Å². The molecule has 0 unspecified atom stereocenters. The number of hydrogen-bond acceptors (Lipinski definition) is 1. The summed E-state index contributed by atoms with van der Waals surface area (Å²) >= 11 is 0. The van der Waals surface area contributed by atoms with Crippen LogP contribution in [0.25, 0.3) is 11.0 Å². The van der Waals surface area contributed by atoms with E-state index in [1.165, 1.54) is 0 Å². The van der Waals surface area contributed by atoms with E-state index in [1.807, 2.05) is 37.3 Å². The van der Waals surface area contributed by atoms with Crippen LogP contribution >= 0.6 is 0 Å². The van der Waals surface area contributed by atoms with Crippen molar-refractivity contribution in [3.05, 3.63) is 49.2 Å². The molecule has 0 aliphatic carbocycles. The Labute approximate surface area is 72.3 Å². The van der Waals surface area contributed by atoms with Gasteiger partial charge in [0, 0.05) is 5.39 Å². The van der Waals surface area contributed by atoms with Gasteiger partial charge in [-0.2, -0.15) is 0 Å². The van der Waals surface area contributed by atoms with E-state index >= 15 is 0 Å². The molecule has 0 saturated carbocycles. The molecule has 0 amide bonds. The molecule has 1 aromatic carbocycles. The zero-order chi connectivity index (χ0) is 8.81. The lowest BCUT2D eigenvalue weighted by atomic mass is 10.3. The molecule has 1 heteroatoms. The van der Waals surface area contributed by atoms with Crippen LogP contribution < -0.4 is 0 Å². The van der Waals surface area contributed by atoms with Crippen LogP contribution in [0, 0.1) is 0 Å². The van der Waals surface area contributed by atoms with Crippen LogP contribution in [0.15, 0.2) is 53.7 Å². The van der Waals surface area contributed by atoms with Crippen LogP contribution in [0.4, 0.5) is 0 Å². The lowest BCUT2D eigenvalue weighted by Gasteiger charge is -1.81. The Morgan fingerprint density at radius 2 is 1.92 bits per heavy atom. The topological polar surface area (TPSA) is 13.1 Å². The van der Waals surface area contributed by atoms with E-state index in [0.29, 0.717) is 0 Å². The van der Waals surface area contributed by atoms with Crippen molar-refractivity contribution < 1.29 is 4.42 Å². The summed E-state index contributed by atoms with van der Waals surface area (Å²) in [5.74, 6) is 0. The third kappa shape index (κ3) is 1.99. The second-order valence-electron chi connectivity index (χ2n) is 2.37. The Balaban J connectivity index is 0.000000213. The van der Waals surface area contributed by atoms with Crippen LogP contribution in [0.1, 0.15) is 6.92 Å². The molecule has 0 aliphatic rings. The predicted octanol–water partition coefficient (Wildman–Crippen LogP) is 3.63. The first kappa shape index (κ1) is 8.60. The minimum Gasteiger partial charge on any atom is -0.464 e. The number of benzene rings is 1. The number of rotatable bonds is 0. The summed E-state index contributed by atoms with van der Waals surface area (Å²) in [5, 5.41) is 1.16. The molecule has 1 aromatic heterocycles. The van der Waals surface area contributed by atoms with Crippen molar-refractivity contribution >= 4 is 11.0 Å². The van der Waals surface area contributed by atoms with Crippen LogP contribution in [0.5, 0.6) is 0 Å². The second-order valence-corrected chi connectivity index (χ2v) is 2.37. The van der Waals surface area contributed by atoms with Gasteiger partial charge in [0.05, 0.1) is 6.26 Å². The van der Waals surface area contributed by atoms with Gasteiger partial charge in [-0.1, -0.05) is 24.3 Å². The minimum atomic E-state index is 0.956. The van der Waals surface area contributed by atoms with Gasteiger partial charge in [0.2, 0.25) is 0 Å². The van der Waals surface area contributed by atoms with Crippen LogP contribution in [0.3, 0.4) is 0 Å². The predicted molar refractivity (Wildman–Crippen MR) is 52.1 cm³/mol. The fourth-order valence-electron chi connectivity index (χ4n) is 0.906. The zero-order valence-corrected chi connectivity index (χ0v) is 7.16. The molecular formula is C11H12O. The van der Waals surface area contributed by atoms with Gasteiger partial charge in [0.1, 0.15) is 5.58 Å². The largest absolute Gasteiger partial charge is 0.464 e. The van der Waals surface area contributed by atoms with E-state index in [9.17, 15) is 0 Å². The molecule has 1 nitrogen and oxygen atoms in total. The first-order valence-electron chi connectivity index (χ1n) is 3.87. The Bertz CT molecular complexity index is 316. The van der Waals surface area contributed by atoms with Crippen molar-refractivity contribution in [3.63, 3.8) is 0 Å². The quantitative estimate of drug-likeness (QED) is 0.536. The smallest absolute Gasteiger partial charge is 0.133 e. The monoisotopic (exact) mass is 160 g/mol. The SMILES string of the molecule is C=CC.c1ccc2occc2c1. The summed E-state index contributed by atoms with van der Waals surface area (Å²) in [7, 11) is 0. The first-order chi connectivity index (χ1) is 5.88. The van der Waals surface area contributed by atoms with Crippen molar-refractivity contribution in [1.82, 2.24) is 0 Å². The standard InChI is InChI=1S/C8H6O.C3H6/c1-2-4-8-7(3-1)5-6-9-8;1-3-2/h1-6H;3H,1H2,2H3. The maximum atomic E-state index is 5.12. The zero-order valence-electron chi connectivity index (χ0n) is 7.16. The number of allylic oxidation sites excluding steroid dienone is 1. The molecule has 0 N–H and O–H groups in total. The summed E-state index contributed by atoms with van der Waals surface area (Å²) in [6.07, 6.45) is 3.45.